The van der Waals surface area contributed by atoms with Crippen LogP contribution in [0.3, 0.4) is 0 Å². The molecule has 2 aromatic carbocycles. The van der Waals surface area contributed by atoms with Gasteiger partial charge in [0.05, 0.1) is 0 Å². The SMILES string of the molecule is CC(C)CCCCc1cccc(CCCCC(C)C)c1-n1ccn(-c2c(CCCCC(C)C)cccc2CCCCC(C)C)[c]1=[Pd]. The summed E-state index contributed by atoms with van der Waals surface area (Å²) in [5, 5.41) is 0. The van der Waals surface area contributed by atoms with E-state index in [1.807, 2.05) is 0 Å². The first-order valence-electron chi connectivity index (χ1n) is 19.1. The standard InChI is InChI=1S/C43H68N2.Pd/c1-34(2)19-9-13-23-38-27-17-28-39(24-14-10-20-35(3)4)42(38)44-31-32-45(33-44)43-40(25-15-11-21-36(5)6)29-18-30-41(43)26-16-12-22-37(7)8;/h17-18,27-32,34-37H,9-16,19-26H2,1-8H3;. The number of para-hydroxylation sites is 2. The fraction of sp³-hybridized carbons (Fsp3) is 0.651. The van der Waals surface area contributed by atoms with E-state index in [9.17, 15) is 0 Å². The van der Waals surface area contributed by atoms with Gasteiger partial charge < -0.3 is 0 Å². The summed E-state index contributed by atoms with van der Waals surface area (Å²) < 4.78 is 6.14. The van der Waals surface area contributed by atoms with Crippen LogP contribution in [-0.2, 0) is 44.4 Å². The zero-order chi connectivity index (χ0) is 33.5. The van der Waals surface area contributed by atoms with E-state index in [-0.39, 0.29) is 0 Å². The second-order valence-corrected chi connectivity index (χ2v) is 16.4. The van der Waals surface area contributed by atoms with Gasteiger partial charge in [-0.2, -0.15) is 0 Å². The van der Waals surface area contributed by atoms with E-state index in [1.165, 1.54) is 115 Å². The molecule has 0 atom stereocenters. The van der Waals surface area contributed by atoms with Crippen molar-refractivity contribution in [3.8, 4) is 11.4 Å². The molecule has 46 heavy (non-hydrogen) atoms. The maximum atomic E-state index is 3.82. The summed E-state index contributed by atoms with van der Waals surface area (Å²) in [5.41, 5.74) is 8.83. The van der Waals surface area contributed by atoms with Gasteiger partial charge in [0.15, 0.2) is 0 Å². The van der Waals surface area contributed by atoms with E-state index in [0.717, 1.165) is 49.4 Å². The number of hydrogen-bond acceptors (Lipinski definition) is 0. The number of hydrogen-bond donors (Lipinski definition) is 0. The number of aryl methyl sites for hydroxylation is 4. The van der Waals surface area contributed by atoms with Crippen LogP contribution >= 0.6 is 0 Å². The van der Waals surface area contributed by atoms with Crippen molar-refractivity contribution in [2.24, 2.45) is 23.7 Å². The van der Waals surface area contributed by atoms with E-state index in [1.54, 1.807) is 0 Å². The molecule has 0 amide bonds. The zero-order valence-electron chi connectivity index (χ0n) is 31.0. The van der Waals surface area contributed by atoms with Gasteiger partial charge in [-0.1, -0.05) is 0 Å². The van der Waals surface area contributed by atoms with Crippen LogP contribution in [-0.4, -0.2) is 9.13 Å². The number of rotatable bonds is 22. The normalized spacial score (nSPS) is 12.0. The minimum absolute atomic E-state index is 0.774. The van der Waals surface area contributed by atoms with Crippen LogP contribution in [0.15, 0.2) is 48.8 Å². The maximum absolute atomic E-state index is 3.82. The van der Waals surface area contributed by atoms with Gasteiger partial charge in [0.25, 0.3) is 0 Å². The summed E-state index contributed by atoms with van der Waals surface area (Å²) in [4.78, 5) is 0. The van der Waals surface area contributed by atoms with Crippen LogP contribution in [0.1, 0.15) is 155 Å². The van der Waals surface area contributed by atoms with Crippen LogP contribution in [0.5, 0.6) is 0 Å². The number of benzene rings is 2. The van der Waals surface area contributed by atoms with Crippen molar-refractivity contribution >= 4 is 0 Å². The Hall–Kier alpha value is -1.69. The zero-order valence-corrected chi connectivity index (χ0v) is 32.5. The molecule has 1 heterocycles. The summed E-state index contributed by atoms with van der Waals surface area (Å²) in [7, 11) is 0. The first kappa shape index (κ1) is 38.8. The third-order valence-corrected chi connectivity index (χ3v) is 10.3. The van der Waals surface area contributed by atoms with Crippen molar-refractivity contribution in [1.29, 1.82) is 0 Å². The number of aromatic nitrogens is 2. The van der Waals surface area contributed by atoms with Gasteiger partial charge in [0.2, 0.25) is 0 Å². The molecule has 0 spiro atoms. The predicted molar refractivity (Wildman–Crippen MR) is 198 cm³/mol. The van der Waals surface area contributed by atoms with Gasteiger partial charge in [-0.25, -0.2) is 0 Å². The van der Waals surface area contributed by atoms with Crippen molar-refractivity contribution in [3.05, 3.63) is 74.9 Å². The van der Waals surface area contributed by atoms with Crippen molar-refractivity contribution in [3.63, 3.8) is 0 Å². The van der Waals surface area contributed by atoms with E-state index in [2.05, 4.69) is 132 Å². The molecule has 0 aliphatic rings. The molecule has 0 saturated carbocycles. The predicted octanol–water partition coefficient (Wildman–Crippen LogP) is 12.8. The minimum atomic E-state index is 0.774. The third kappa shape index (κ3) is 12.7. The summed E-state index contributed by atoms with van der Waals surface area (Å²) >= 11 is 3.82. The van der Waals surface area contributed by atoms with E-state index in [4.69, 9.17) is 0 Å². The molecule has 260 valence electrons. The molecule has 0 radical (unpaired) electrons. The first-order chi connectivity index (χ1) is 22.1. The van der Waals surface area contributed by atoms with Crippen LogP contribution in [0.4, 0.5) is 0 Å². The topological polar surface area (TPSA) is 9.86 Å². The van der Waals surface area contributed by atoms with Gasteiger partial charge in [-0.3, -0.25) is 0 Å². The van der Waals surface area contributed by atoms with Gasteiger partial charge >= 0.3 is 296 Å². The molecule has 0 unspecified atom stereocenters. The fourth-order valence-electron chi connectivity index (χ4n) is 6.87. The second-order valence-electron chi connectivity index (χ2n) is 15.7. The van der Waals surface area contributed by atoms with Crippen LogP contribution in [0, 0.1) is 27.6 Å². The molecule has 0 aliphatic carbocycles. The molecule has 1 aromatic heterocycles. The van der Waals surface area contributed by atoms with Crippen molar-refractivity contribution < 1.29 is 18.7 Å². The fourth-order valence-corrected chi connectivity index (χ4v) is 7.45. The molecule has 0 N–H and O–H groups in total. The molecule has 3 aromatic rings. The third-order valence-electron chi connectivity index (χ3n) is 9.53. The number of unbranched alkanes of at least 4 members (excludes halogenated alkanes) is 4. The monoisotopic (exact) mass is 718 g/mol. The van der Waals surface area contributed by atoms with E-state index < -0.39 is 0 Å². The first-order valence-corrected chi connectivity index (χ1v) is 19.8. The van der Waals surface area contributed by atoms with Crippen LogP contribution < -0.4 is 0 Å². The molecule has 0 aliphatic heterocycles. The van der Waals surface area contributed by atoms with Gasteiger partial charge in [0, 0.05) is 0 Å². The Balaban J connectivity index is 2.02. The molecule has 0 fully saturated rings. The second kappa shape index (κ2) is 20.6. The average molecular weight is 719 g/mol. The molecular formula is C43H68N2Pd. The number of imidazole rings is 1. The summed E-state index contributed by atoms with van der Waals surface area (Å²) in [5.74, 6) is 3.10. The van der Waals surface area contributed by atoms with Gasteiger partial charge in [0.1, 0.15) is 0 Å². The van der Waals surface area contributed by atoms with E-state index >= 15 is 0 Å². The Morgan fingerprint density at radius 1 is 0.435 bits per heavy atom. The Labute approximate surface area is 294 Å². The number of nitrogens with zero attached hydrogens (tertiary/aromatic N) is 2. The van der Waals surface area contributed by atoms with Crippen molar-refractivity contribution in [2.75, 3.05) is 0 Å². The average Bonchev–Trinajstić information content (AvgIpc) is 3.37. The summed E-state index contributed by atoms with van der Waals surface area (Å²) in [6, 6.07) is 14.2. The Bertz CT molecular complexity index is 1170. The summed E-state index contributed by atoms with van der Waals surface area (Å²) in [6.07, 6.45) is 24.7. The molecule has 0 bridgehead atoms. The molecule has 0 saturated heterocycles. The Kier molecular flexibility index (Phi) is 17.4. The molecule has 3 rings (SSSR count). The summed E-state index contributed by atoms with van der Waals surface area (Å²) in [6.45, 7) is 18.8. The Morgan fingerprint density at radius 2 is 0.696 bits per heavy atom. The quantitative estimate of drug-likeness (QED) is 0.0723. The van der Waals surface area contributed by atoms with Crippen molar-refractivity contribution in [1.82, 2.24) is 9.13 Å². The van der Waals surface area contributed by atoms with Crippen molar-refractivity contribution in [2.45, 2.75) is 158 Å². The van der Waals surface area contributed by atoms with E-state index in [0.29, 0.717) is 0 Å². The Morgan fingerprint density at radius 3 is 0.935 bits per heavy atom. The molecule has 2 nitrogen and oxygen atoms in total. The van der Waals surface area contributed by atoms with Crippen LogP contribution in [0.2, 0.25) is 0 Å². The molecular weight excluding hydrogens is 651 g/mol. The van der Waals surface area contributed by atoms with Gasteiger partial charge in [-0.15, -0.1) is 0 Å². The van der Waals surface area contributed by atoms with Crippen LogP contribution in [0.25, 0.3) is 11.4 Å². The van der Waals surface area contributed by atoms with Gasteiger partial charge in [-0.05, 0) is 0 Å². The molecule has 3 heteroatoms.